The van der Waals surface area contributed by atoms with Crippen molar-refractivity contribution >= 4 is 99.4 Å². The minimum atomic E-state index is 0.565. The second kappa shape index (κ2) is 17.0. The number of fused-ring (bicyclic) bond motifs is 8. The Morgan fingerprint density at radius 2 is 0.597 bits per heavy atom. The zero-order valence-corrected chi connectivity index (χ0v) is 38.9. The third-order valence-electron chi connectivity index (χ3n) is 13.9. The molecule has 0 saturated heterocycles. The van der Waals surface area contributed by atoms with Crippen LogP contribution in [0.1, 0.15) is 0 Å². The van der Waals surface area contributed by atoms with Crippen LogP contribution in [0.5, 0.6) is 0 Å². The normalized spacial score (nSPS) is 11.6. The predicted molar refractivity (Wildman–Crippen MR) is 297 cm³/mol. The number of benzene rings is 12. The Kier molecular flexibility index (Phi) is 9.74. The van der Waals surface area contributed by atoms with Crippen molar-refractivity contribution in [2.45, 2.75) is 0 Å². The molecule has 0 bridgehead atoms. The molecule has 12 aromatic carbocycles. The Bertz CT molecular complexity index is 4050. The Morgan fingerprint density at radius 1 is 0.264 bits per heavy atom. The van der Waals surface area contributed by atoms with Gasteiger partial charge in [0.25, 0.3) is 0 Å². The number of hydrogen-bond donors (Lipinski definition) is 0. The van der Waals surface area contributed by atoms with Gasteiger partial charge in [-0.25, -0.2) is 9.97 Å². The molecule has 0 saturated carbocycles. The lowest BCUT2D eigenvalue weighted by Crippen LogP contribution is -2.10. The third kappa shape index (κ3) is 7.12. The van der Waals surface area contributed by atoms with Crippen LogP contribution in [0.25, 0.3) is 99.3 Å². The van der Waals surface area contributed by atoms with E-state index in [1.807, 2.05) is 12.1 Å². The summed E-state index contributed by atoms with van der Waals surface area (Å²) in [6, 6.07) is 89.4. The van der Waals surface area contributed by atoms with Crippen molar-refractivity contribution in [1.29, 1.82) is 0 Å². The van der Waals surface area contributed by atoms with Gasteiger partial charge in [-0.15, -0.1) is 0 Å². The lowest BCUT2D eigenvalue weighted by molar-refractivity contribution is 0.619. The first-order valence-corrected chi connectivity index (χ1v) is 24.2. The third-order valence-corrected chi connectivity index (χ3v) is 13.9. The molecule has 2 aromatic heterocycles. The van der Waals surface area contributed by atoms with Gasteiger partial charge in [0.05, 0.1) is 11.4 Å². The molecule has 0 fully saturated rings. The van der Waals surface area contributed by atoms with Crippen LogP contribution in [0.4, 0.5) is 34.1 Å². The van der Waals surface area contributed by atoms with Crippen molar-refractivity contribution in [3.05, 3.63) is 255 Å². The van der Waals surface area contributed by atoms with E-state index in [-0.39, 0.29) is 0 Å². The Hall–Kier alpha value is -9.78. The number of anilines is 6. The van der Waals surface area contributed by atoms with Crippen molar-refractivity contribution in [3.8, 4) is 34.0 Å². The molecular weight excluding hydrogens is 881 g/mol. The second-order valence-electron chi connectivity index (χ2n) is 18.2. The smallest absolute Gasteiger partial charge is 0.227 e. The quantitative estimate of drug-likeness (QED) is 0.134. The number of hydrogen-bond acceptors (Lipinski definition) is 6. The second-order valence-corrected chi connectivity index (χ2v) is 18.2. The van der Waals surface area contributed by atoms with E-state index in [1.165, 1.54) is 43.1 Å². The highest BCUT2D eigenvalue weighted by molar-refractivity contribution is 6.16. The van der Waals surface area contributed by atoms with Crippen LogP contribution in [-0.2, 0) is 0 Å². The highest BCUT2D eigenvalue weighted by Gasteiger charge is 2.21. The van der Waals surface area contributed by atoms with Crippen LogP contribution in [0.3, 0.4) is 0 Å². The summed E-state index contributed by atoms with van der Waals surface area (Å²) < 4.78 is 13.0. The van der Waals surface area contributed by atoms with E-state index in [4.69, 9.17) is 18.8 Å². The summed E-state index contributed by atoms with van der Waals surface area (Å²) in [5.41, 5.74) is 13.2. The summed E-state index contributed by atoms with van der Waals surface area (Å²) in [5.74, 6) is 1.13. The molecule has 0 aliphatic rings. The van der Waals surface area contributed by atoms with Gasteiger partial charge >= 0.3 is 0 Å². The van der Waals surface area contributed by atoms with Gasteiger partial charge in [-0.05, 0) is 153 Å². The average molecular weight is 923 g/mol. The fourth-order valence-corrected chi connectivity index (χ4v) is 10.4. The largest absolute Gasteiger partial charge is 0.436 e. The standard InChI is InChI=1S/C66H42N4O2/c1-3-17-49(18-4-1)69(61-39-47-15-7-9-21-53(47)55-23-11-13-25-57(55)61)51-33-27-43(28-34-51)65-67-59-37-31-45(41-63(59)71-65)46-32-38-60-64(42-46)72-66(68-60)44-29-35-52(36-30-44)70(50-19-5-2-6-20-50)62-40-48-16-8-10-22-54(48)56-24-12-14-26-58(56)62/h1-42H. The Labute approximate surface area is 414 Å². The van der Waals surface area contributed by atoms with Crippen molar-refractivity contribution in [2.24, 2.45) is 0 Å². The molecule has 338 valence electrons. The van der Waals surface area contributed by atoms with Gasteiger partial charge in [0.2, 0.25) is 11.8 Å². The van der Waals surface area contributed by atoms with Crippen molar-refractivity contribution in [1.82, 2.24) is 9.97 Å². The minimum Gasteiger partial charge on any atom is -0.436 e. The molecule has 0 aliphatic heterocycles. The van der Waals surface area contributed by atoms with Gasteiger partial charge in [-0.2, -0.15) is 0 Å². The zero-order valence-electron chi connectivity index (χ0n) is 38.9. The van der Waals surface area contributed by atoms with E-state index in [9.17, 15) is 0 Å². The maximum absolute atomic E-state index is 6.50. The Balaban J connectivity index is 0.755. The average Bonchev–Trinajstić information content (AvgIpc) is 4.09. The number of rotatable bonds is 9. The number of para-hydroxylation sites is 2. The van der Waals surface area contributed by atoms with Gasteiger partial charge in [0.15, 0.2) is 11.2 Å². The van der Waals surface area contributed by atoms with Crippen molar-refractivity contribution in [2.75, 3.05) is 9.80 Å². The molecule has 6 nitrogen and oxygen atoms in total. The monoisotopic (exact) mass is 922 g/mol. The van der Waals surface area contributed by atoms with Crippen molar-refractivity contribution < 1.29 is 8.83 Å². The van der Waals surface area contributed by atoms with Gasteiger partial charge < -0.3 is 18.6 Å². The van der Waals surface area contributed by atoms with Gasteiger partial charge in [0.1, 0.15) is 11.0 Å². The molecule has 0 N–H and O–H groups in total. The first-order valence-electron chi connectivity index (χ1n) is 24.2. The molecule has 0 aliphatic carbocycles. The molecule has 2 heterocycles. The number of oxazole rings is 2. The highest BCUT2D eigenvalue weighted by atomic mass is 16.4. The lowest BCUT2D eigenvalue weighted by Gasteiger charge is -2.27. The van der Waals surface area contributed by atoms with Crippen LogP contribution in [0.15, 0.2) is 264 Å². The fraction of sp³-hybridized carbons (Fsp3) is 0. The Morgan fingerprint density at radius 3 is 1.01 bits per heavy atom. The molecule has 6 heteroatoms. The molecule has 14 aromatic rings. The SMILES string of the molecule is c1ccc(N(c2ccc(-c3nc4ccc(-c5ccc6nc(-c7ccc(N(c8ccccc8)c8cc9ccccc9c9ccccc89)cc7)oc6c5)cc4o3)cc2)c2cc3ccccc3c3ccccc23)cc1. The lowest BCUT2D eigenvalue weighted by atomic mass is 9.99. The van der Waals surface area contributed by atoms with Gasteiger partial charge in [-0.1, -0.05) is 146 Å². The zero-order chi connectivity index (χ0) is 47.5. The minimum absolute atomic E-state index is 0.565. The molecular formula is C66H42N4O2. The summed E-state index contributed by atoms with van der Waals surface area (Å²) in [4.78, 5) is 14.5. The summed E-state index contributed by atoms with van der Waals surface area (Å²) in [7, 11) is 0. The highest BCUT2D eigenvalue weighted by Crippen LogP contribution is 2.45. The van der Waals surface area contributed by atoms with E-state index in [0.29, 0.717) is 22.9 Å². The summed E-state index contributed by atoms with van der Waals surface area (Å²) >= 11 is 0. The molecule has 0 unspecified atom stereocenters. The fourth-order valence-electron chi connectivity index (χ4n) is 10.4. The molecule has 0 amide bonds. The summed E-state index contributed by atoms with van der Waals surface area (Å²) in [6.45, 7) is 0. The van der Waals surface area contributed by atoms with Crippen molar-refractivity contribution in [3.63, 3.8) is 0 Å². The molecule has 0 radical (unpaired) electrons. The van der Waals surface area contributed by atoms with E-state index >= 15 is 0 Å². The van der Waals surface area contributed by atoms with E-state index < -0.39 is 0 Å². The van der Waals surface area contributed by atoms with Crippen LogP contribution in [0, 0.1) is 0 Å². The van der Waals surface area contributed by atoms with E-state index in [0.717, 1.165) is 67.4 Å². The molecule has 72 heavy (non-hydrogen) atoms. The molecule has 0 spiro atoms. The molecule has 0 atom stereocenters. The maximum Gasteiger partial charge on any atom is 0.227 e. The maximum atomic E-state index is 6.50. The first kappa shape index (κ1) is 41.2. The first-order chi connectivity index (χ1) is 35.7. The predicted octanol–water partition coefficient (Wildman–Crippen LogP) is 18.5. The topological polar surface area (TPSA) is 58.5 Å². The van der Waals surface area contributed by atoms with Gasteiger partial charge in [-0.3, -0.25) is 0 Å². The van der Waals surface area contributed by atoms with Gasteiger partial charge in [0, 0.05) is 44.6 Å². The van der Waals surface area contributed by atoms with Crippen LogP contribution < -0.4 is 9.80 Å². The van der Waals surface area contributed by atoms with Crippen LogP contribution in [-0.4, -0.2) is 9.97 Å². The molecule has 14 rings (SSSR count). The van der Waals surface area contributed by atoms with Crippen LogP contribution >= 0.6 is 0 Å². The number of aromatic nitrogens is 2. The number of nitrogens with zero attached hydrogens (tertiary/aromatic N) is 4. The van der Waals surface area contributed by atoms with Crippen LogP contribution in [0.2, 0.25) is 0 Å². The van der Waals surface area contributed by atoms with E-state index in [2.05, 4.69) is 252 Å². The summed E-state index contributed by atoms with van der Waals surface area (Å²) in [6.07, 6.45) is 0. The van der Waals surface area contributed by atoms with E-state index in [1.54, 1.807) is 0 Å². The summed E-state index contributed by atoms with van der Waals surface area (Å²) in [5, 5.41) is 9.68.